The molecule has 4 rings (SSSR count). The zero-order valence-electron chi connectivity index (χ0n) is 18.7. The van der Waals surface area contributed by atoms with Crippen LogP contribution in [0.25, 0.3) is 22.3 Å². The van der Waals surface area contributed by atoms with E-state index in [-0.39, 0.29) is 0 Å². The summed E-state index contributed by atoms with van der Waals surface area (Å²) >= 11 is 0. The van der Waals surface area contributed by atoms with E-state index in [9.17, 15) is 0 Å². The van der Waals surface area contributed by atoms with E-state index >= 15 is 0 Å². The molecule has 0 aliphatic heterocycles. The average Bonchev–Trinajstić information content (AvgIpc) is 2.81. The minimum atomic E-state index is 0.757. The van der Waals surface area contributed by atoms with Crippen LogP contribution in [-0.4, -0.2) is 0 Å². The number of hydrogen-bond acceptors (Lipinski definition) is 0. The normalized spacial score (nSPS) is 19.0. The van der Waals surface area contributed by atoms with E-state index in [1.54, 1.807) is 5.56 Å². The van der Waals surface area contributed by atoms with Crippen LogP contribution in [0.2, 0.25) is 0 Å². The Labute approximate surface area is 183 Å². The molecule has 0 N–H and O–H groups in total. The van der Waals surface area contributed by atoms with Crippen LogP contribution in [0.5, 0.6) is 0 Å². The Bertz CT molecular complexity index is 912. The van der Waals surface area contributed by atoms with Crippen LogP contribution < -0.4 is 0 Å². The van der Waals surface area contributed by atoms with Gasteiger partial charge in [-0.15, -0.1) is 0 Å². The molecule has 1 aliphatic carbocycles. The molecule has 3 aromatic rings. The van der Waals surface area contributed by atoms with E-state index in [2.05, 4.69) is 86.6 Å². The molecule has 156 valence electrons. The molecule has 0 saturated heterocycles. The molecule has 0 nitrogen and oxygen atoms in total. The minimum absolute atomic E-state index is 0.757. The van der Waals surface area contributed by atoms with Gasteiger partial charge in [-0.3, -0.25) is 0 Å². The van der Waals surface area contributed by atoms with Crippen molar-refractivity contribution in [2.75, 3.05) is 0 Å². The number of aryl methyl sites for hydroxylation is 1. The third-order valence-electron chi connectivity index (χ3n) is 6.94. The summed E-state index contributed by atoms with van der Waals surface area (Å²) in [5.41, 5.74) is 8.32. The summed E-state index contributed by atoms with van der Waals surface area (Å²) in [6.07, 6.45) is 10.6. The second kappa shape index (κ2) is 10.1. The van der Waals surface area contributed by atoms with Crippen LogP contribution in [0, 0.1) is 5.92 Å². The van der Waals surface area contributed by atoms with E-state index in [4.69, 9.17) is 0 Å². The van der Waals surface area contributed by atoms with Gasteiger partial charge in [-0.05, 0) is 77.3 Å². The van der Waals surface area contributed by atoms with Crippen molar-refractivity contribution in [2.24, 2.45) is 5.92 Å². The van der Waals surface area contributed by atoms with Crippen LogP contribution in [0.3, 0.4) is 0 Å². The number of rotatable bonds is 7. The predicted molar refractivity (Wildman–Crippen MR) is 131 cm³/mol. The van der Waals surface area contributed by atoms with Gasteiger partial charge in [0.1, 0.15) is 0 Å². The van der Waals surface area contributed by atoms with Crippen molar-refractivity contribution < 1.29 is 0 Å². The maximum atomic E-state index is 2.41. The lowest BCUT2D eigenvalue weighted by atomic mass is 9.77. The predicted octanol–water partition coefficient (Wildman–Crippen LogP) is 9.05. The average molecular weight is 397 g/mol. The van der Waals surface area contributed by atoms with Crippen molar-refractivity contribution in [1.29, 1.82) is 0 Å². The highest BCUT2D eigenvalue weighted by molar-refractivity contribution is 5.84. The van der Waals surface area contributed by atoms with Gasteiger partial charge in [0.2, 0.25) is 0 Å². The molecule has 0 amide bonds. The molecule has 30 heavy (non-hydrogen) atoms. The smallest absolute Gasteiger partial charge is 0.0103 e. The SMILES string of the molecule is CCCc1ccc(-c2ccccc2)c(-c2ccc([C@H]3CC[C@H](CCC)CC3)cc2)c1. The summed E-state index contributed by atoms with van der Waals surface area (Å²) in [5.74, 6) is 1.73. The Morgan fingerprint density at radius 1 is 0.667 bits per heavy atom. The van der Waals surface area contributed by atoms with Crippen molar-refractivity contribution in [1.82, 2.24) is 0 Å². The van der Waals surface area contributed by atoms with Gasteiger partial charge >= 0.3 is 0 Å². The molecule has 1 aliphatic rings. The number of benzene rings is 3. The Hall–Kier alpha value is -2.34. The first kappa shape index (κ1) is 20.9. The van der Waals surface area contributed by atoms with Gasteiger partial charge in [-0.1, -0.05) is 106 Å². The highest BCUT2D eigenvalue weighted by atomic mass is 14.3. The maximum absolute atomic E-state index is 2.41. The first-order valence-electron chi connectivity index (χ1n) is 12.1. The third-order valence-corrected chi connectivity index (χ3v) is 6.94. The van der Waals surface area contributed by atoms with Gasteiger partial charge in [0.25, 0.3) is 0 Å². The van der Waals surface area contributed by atoms with E-state index in [1.165, 1.54) is 72.8 Å². The highest BCUT2D eigenvalue weighted by Crippen LogP contribution is 2.39. The summed E-state index contributed by atoms with van der Waals surface area (Å²) in [5, 5.41) is 0. The maximum Gasteiger partial charge on any atom is -0.0103 e. The lowest BCUT2D eigenvalue weighted by Crippen LogP contribution is -2.13. The molecule has 0 spiro atoms. The second-order valence-electron chi connectivity index (χ2n) is 9.12. The molecular weight excluding hydrogens is 360 g/mol. The van der Waals surface area contributed by atoms with E-state index in [1.807, 2.05) is 0 Å². The summed E-state index contributed by atoms with van der Waals surface area (Å²) in [6, 6.07) is 27.4. The van der Waals surface area contributed by atoms with Crippen LogP contribution >= 0.6 is 0 Å². The Balaban J connectivity index is 1.60. The van der Waals surface area contributed by atoms with Crippen LogP contribution in [0.4, 0.5) is 0 Å². The third kappa shape index (κ3) is 4.86. The molecule has 0 unspecified atom stereocenters. The lowest BCUT2D eigenvalue weighted by Gasteiger charge is -2.28. The fourth-order valence-corrected chi connectivity index (χ4v) is 5.27. The van der Waals surface area contributed by atoms with Crippen molar-refractivity contribution in [3.8, 4) is 22.3 Å². The van der Waals surface area contributed by atoms with Crippen LogP contribution in [0.1, 0.15) is 75.8 Å². The Morgan fingerprint density at radius 3 is 2.03 bits per heavy atom. The molecule has 0 heteroatoms. The van der Waals surface area contributed by atoms with Crippen molar-refractivity contribution >= 4 is 0 Å². The summed E-state index contributed by atoms with van der Waals surface area (Å²) in [4.78, 5) is 0. The van der Waals surface area contributed by atoms with E-state index < -0.39 is 0 Å². The van der Waals surface area contributed by atoms with Crippen molar-refractivity contribution in [2.45, 2.75) is 71.1 Å². The highest BCUT2D eigenvalue weighted by Gasteiger charge is 2.21. The summed E-state index contributed by atoms with van der Waals surface area (Å²) < 4.78 is 0. The van der Waals surface area contributed by atoms with Crippen molar-refractivity contribution in [3.63, 3.8) is 0 Å². The van der Waals surface area contributed by atoms with Gasteiger partial charge in [-0.25, -0.2) is 0 Å². The van der Waals surface area contributed by atoms with Gasteiger partial charge in [-0.2, -0.15) is 0 Å². The fourth-order valence-electron chi connectivity index (χ4n) is 5.27. The molecule has 0 heterocycles. The van der Waals surface area contributed by atoms with Gasteiger partial charge < -0.3 is 0 Å². The molecule has 0 aromatic heterocycles. The van der Waals surface area contributed by atoms with Gasteiger partial charge in [0.05, 0.1) is 0 Å². The quantitative estimate of drug-likeness (QED) is 0.373. The monoisotopic (exact) mass is 396 g/mol. The zero-order valence-corrected chi connectivity index (χ0v) is 18.7. The van der Waals surface area contributed by atoms with Gasteiger partial charge in [0, 0.05) is 0 Å². The summed E-state index contributed by atoms with van der Waals surface area (Å²) in [7, 11) is 0. The van der Waals surface area contributed by atoms with Gasteiger partial charge in [0.15, 0.2) is 0 Å². The van der Waals surface area contributed by atoms with E-state index in [0.717, 1.165) is 18.3 Å². The molecule has 1 saturated carbocycles. The minimum Gasteiger partial charge on any atom is -0.0654 e. The largest absolute Gasteiger partial charge is 0.0654 e. The molecular formula is C30H36. The first-order valence-corrected chi connectivity index (χ1v) is 12.1. The Kier molecular flexibility index (Phi) is 7.05. The number of hydrogen-bond donors (Lipinski definition) is 0. The fraction of sp³-hybridized carbons (Fsp3) is 0.400. The molecule has 0 atom stereocenters. The molecule has 1 fully saturated rings. The topological polar surface area (TPSA) is 0 Å². The lowest BCUT2D eigenvalue weighted by molar-refractivity contribution is 0.308. The zero-order chi connectivity index (χ0) is 20.8. The molecule has 0 bridgehead atoms. The van der Waals surface area contributed by atoms with E-state index in [0.29, 0.717) is 0 Å². The standard InChI is InChI=1S/C30H36/c1-3-8-23-12-15-25(16-13-23)26-17-19-28(20-18-26)30-22-24(9-4-2)14-21-29(30)27-10-6-5-7-11-27/h5-7,10-11,14,17-23,25H,3-4,8-9,12-13,15-16H2,1-2H3/t23-,25-. The molecule has 0 radical (unpaired) electrons. The first-order chi connectivity index (χ1) is 14.8. The molecule has 3 aromatic carbocycles. The van der Waals surface area contributed by atoms with Crippen molar-refractivity contribution in [3.05, 3.63) is 83.9 Å². The summed E-state index contributed by atoms with van der Waals surface area (Å²) in [6.45, 7) is 4.58. The second-order valence-corrected chi connectivity index (χ2v) is 9.12. The Morgan fingerprint density at radius 2 is 1.37 bits per heavy atom. The van der Waals surface area contributed by atoms with Crippen LogP contribution in [0.15, 0.2) is 72.8 Å². The van der Waals surface area contributed by atoms with Crippen LogP contribution in [-0.2, 0) is 6.42 Å².